The van der Waals surface area contributed by atoms with Crippen molar-refractivity contribution < 1.29 is 4.39 Å². The number of hydrogen-bond acceptors (Lipinski definition) is 2. The van der Waals surface area contributed by atoms with Crippen LogP contribution in [0.3, 0.4) is 0 Å². The van der Waals surface area contributed by atoms with Gasteiger partial charge < -0.3 is 5.32 Å². The molecular weight excluding hydrogens is 215 g/mol. The first-order valence-corrected chi connectivity index (χ1v) is 6.40. The van der Waals surface area contributed by atoms with Crippen LogP contribution < -0.4 is 5.32 Å². The zero-order chi connectivity index (χ0) is 12.3. The highest BCUT2D eigenvalue weighted by Crippen LogP contribution is 2.16. The van der Waals surface area contributed by atoms with Crippen molar-refractivity contribution in [2.45, 2.75) is 32.9 Å². The number of hydrogen-bond donors (Lipinski definition) is 1. The number of benzene rings is 1. The lowest BCUT2D eigenvalue weighted by Crippen LogP contribution is -2.57. The molecule has 1 aromatic rings. The average molecular weight is 236 g/mol. The van der Waals surface area contributed by atoms with Crippen LogP contribution >= 0.6 is 0 Å². The Balaban J connectivity index is 2.07. The van der Waals surface area contributed by atoms with Gasteiger partial charge in [0, 0.05) is 25.7 Å². The highest BCUT2D eigenvalue weighted by atomic mass is 19.1. The fourth-order valence-electron chi connectivity index (χ4n) is 2.24. The van der Waals surface area contributed by atoms with Gasteiger partial charge in [-0.15, -0.1) is 0 Å². The van der Waals surface area contributed by atoms with Crippen molar-refractivity contribution in [3.8, 4) is 0 Å². The Morgan fingerprint density at radius 2 is 2.18 bits per heavy atom. The Kier molecular flexibility index (Phi) is 4.13. The van der Waals surface area contributed by atoms with Crippen molar-refractivity contribution >= 4 is 0 Å². The molecule has 2 rings (SSSR count). The molecule has 1 aliphatic heterocycles. The fourth-order valence-corrected chi connectivity index (χ4v) is 2.24. The molecule has 0 amide bonds. The molecule has 1 saturated heterocycles. The maximum atomic E-state index is 13.2. The van der Waals surface area contributed by atoms with E-state index in [9.17, 15) is 4.39 Å². The second-order valence-electron chi connectivity index (χ2n) is 4.85. The monoisotopic (exact) mass is 236 g/mol. The molecule has 1 aromatic carbocycles. The smallest absolute Gasteiger partial charge is 0.123 e. The molecule has 94 valence electrons. The third-order valence-electron chi connectivity index (χ3n) is 3.47. The van der Waals surface area contributed by atoms with Crippen LogP contribution in [0, 0.1) is 12.7 Å². The van der Waals surface area contributed by atoms with Gasteiger partial charge >= 0.3 is 0 Å². The molecule has 0 spiro atoms. The number of rotatable bonds is 5. The molecule has 3 heteroatoms. The SMILES string of the molecule is CCCN(Cc1cc(F)ccc1C)C1CNC1. The van der Waals surface area contributed by atoms with Crippen molar-refractivity contribution in [2.24, 2.45) is 0 Å². The van der Waals surface area contributed by atoms with E-state index >= 15 is 0 Å². The van der Waals surface area contributed by atoms with Crippen LogP contribution in [0.25, 0.3) is 0 Å². The minimum absolute atomic E-state index is 0.131. The van der Waals surface area contributed by atoms with Crippen LogP contribution in [0.15, 0.2) is 18.2 Å². The summed E-state index contributed by atoms with van der Waals surface area (Å²) in [5, 5.41) is 3.30. The highest BCUT2D eigenvalue weighted by Gasteiger charge is 2.24. The quantitative estimate of drug-likeness (QED) is 0.844. The molecular formula is C14H21FN2. The van der Waals surface area contributed by atoms with E-state index in [1.165, 1.54) is 11.6 Å². The maximum Gasteiger partial charge on any atom is 0.123 e. The topological polar surface area (TPSA) is 15.3 Å². The minimum Gasteiger partial charge on any atom is -0.314 e. The molecule has 0 aliphatic carbocycles. The lowest BCUT2D eigenvalue weighted by atomic mass is 10.0. The predicted molar refractivity (Wildman–Crippen MR) is 68.5 cm³/mol. The van der Waals surface area contributed by atoms with Crippen molar-refractivity contribution in [1.29, 1.82) is 0 Å². The van der Waals surface area contributed by atoms with Crippen LogP contribution in [0.1, 0.15) is 24.5 Å². The molecule has 0 radical (unpaired) electrons. The van der Waals surface area contributed by atoms with Gasteiger partial charge in [0.25, 0.3) is 0 Å². The minimum atomic E-state index is -0.131. The van der Waals surface area contributed by atoms with Crippen LogP contribution in [0.4, 0.5) is 4.39 Å². The number of aryl methyl sites for hydroxylation is 1. The summed E-state index contributed by atoms with van der Waals surface area (Å²) in [5.41, 5.74) is 2.30. The van der Waals surface area contributed by atoms with Gasteiger partial charge in [-0.3, -0.25) is 4.90 Å². The van der Waals surface area contributed by atoms with Crippen LogP contribution in [-0.4, -0.2) is 30.6 Å². The predicted octanol–water partition coefficient (Wildman–Crippen LogP) is 2.32. The summed E-state index contributed by atoms with van der Waals surface area (Å²) < 4.78 is 13.2. The van der Waals surface area contributed by atoms with E-state index in [-0.39, 0.29) is 5.82 Å². The van der Waals surface area contributed by atoms with Crippen LogP contribution in [0.2, 0.25) is 0 Å². The third-order valence-corrected chi connectivity index (χ3v) is 3.47. The molecule has 17 heavy (non-hydrogen) atoms. The lowest BCUT2D eigenvalue weighted by molar-refractivity contribution is 0.137. The first-order chi connectivity index (χ1) is 8.20. The van der Waals surface area contributed by atoms with E-state index in [4.69, 9.17) is 0 Å². The Hall–Kier alpha value is -0.930. The zero-order valence-corrected chi connectivity index (χ0v) is 10.7. The first kappa shape index (κ1) is 12.5. The van der Waals surface area contributed by atoms with Gasteiger partial charge in [-0.05, 0) is 43.1 Å². The largest absolute Gasteiger partial charge is 0.314 e. The second-order valence-corrected chi connectivity index (χ2v) is 4.85. The molecule has 1 N–H and O–H groups in total. The second kappa shape index (κ2) is 5.61. The van der Waals surface area contributed by atoms with Crippen molar-refractivity contribution in [2.75, 3.05) is 19.6 Å². The molecule has 0 aromatic heterocycles. The Morgan fingerprint density at radius 3 is 2.76 bits per heavy atom. The Morgan fingerprint density at radius 1 is 1.41 bits per heavy atom. The van der Waals surface area contributed by atoms with Gasteiger partial charge in [-0.25, -0.2) is 4.39 Å². The molecule has 0 bridgehead atoms. The maximum absolute atomic E-state index is 13.2. The molecule has 0 unspecified atom stereocenters. The lowest BCUT2D eigenvalue weighted by Gasteiger charge is -2.38. The fraction of sp³-hybridized carbons (Fsp3) is 0.571. The van der Waals surface area contributed by atoms with E-state index in [0.29, 0.717) is 6.04 Å². The summed E-state index contributed by atoms with van der Waals surface area (Å²) in [7, 11) is 0. The Labute approximate surface area is 103 Å². The third kappa shape index (κ3) is 3.05. The summed E-state index contributed by atoms with van der Waals surface area (Å²) in [6.45, 7) is 8.32. The van der Waals surface area contributed by atoms with Gasteiger partial charge in [0.1, 0.15) is 5.82 Å². The van der Waals surface area contributed by atoms with Crippen molar-refractivity contribution in [3.63, 3.8) is 0 Å². The number of nitrogens with one attached hydrogen (secondary N) is 1. The molecule has 1 heterocycles. The summed E-state index contributed by atoms with van der Waals surface area (Å²) in [4.78, 5) is 2.46. The van der Waals surface area contributed by atoms with E-state index in [1.807, 2.05) is 6.07 Å². The summed E-state index contributed by atoms with van der Waals surface area (Å²) in [6.07, 6.45) is 1.14. The van der Waals surface area contributed by atoms with Crippen molar-refractivity contribution in [1.82, 2.24) is 10.2 Å². The van der Waals surface area contributed by atoms with E-state index < -0.39 is 0 Å². The molecule has 2 nitrogen and oxygen atoms in total. The summed E-state index contributed by atoms with van der Waals surface area (Å²) >= 11 is 0. The van der Waals surface area contributed by atoms with E-state index in [0.717, 1.165) is 38.2 Å². The normalized spacial score (nSPS) is 16.2. The number of nitrogens with zero attached hydrogens (tertiary/aromatic N) is 1. The first-order valence-electron chi connectivity index (χ1n) is 6.40. The van der Waals surface area contributed by atoms with Gasteiger partial charge in [0.2, 0.25) is 0 Å². The summed E-state index contributed by atoms with van der Waals surface area (Å²) in [6, 6.07) is 5.70. The van der Waals surface area contributed by atoms with Gasteiger partial charge in [-0.1, -0.05) is 13.0 Å². The average Bonchev–Trinajstić information content (AvgIpc) is 2.21. The molecule has 1 fully saturated rings. The van der Waals surface area contributed by atoms with Crippen LogP contribution in [0.5, 0.6) is 0 Å². The van der Waals surface area contributed by atoms with Gasteiger partial charge in [0.15, 0.2) is 0 Å². The number of halogens is 1. The standard InChI is InChI=1S/C14H21FN2/c1-3-6-17(14-8-16-9-14)10-12-7-13(15)5-4-11(12)2/h4-5,7,14,16H,3,6,8-10H2,1-2H3. The van der Waals surface area contributed by atoms with E-state index in [1.54, 1.807) is 6.07 Å². The zero-order valence-electron chi connectivity index (χ0n) is 10.7. The van der Waals surface area contributed by atoms with Gasteiger partial charge in [-0.2, -0.15) is 0 Å². The van der Waals surface area contributed by atoms with Gasteiger partial charge in [0.05, 0.1) is 0 Å². The van der Waals surface area contributed by atoms with Crippen LogP contribution in [-0.2, 0) is 6.54 Å². The highest BCUT2D eigenvalue weighted by molar-refractivity contribution is 5.26. The van der Waals surface area contributed by atoms with Crippen molar-refractivity contribution in [3.05, 3.63) is 35.1 Å². The molecule has 0 atom stereocenters. The summed E-state index contributed by atoms with van der Waals surface area (Å²) in [5.74, 6) is -0.131. The van der Waals surface area contributed by atoms with E-state index in [2.05, 4.69) is 24.1 Å². The Bertz CT molecular complexity index is 374. The molecule has 1 aliphatic rings. The molecule has 0 saturated carbocycles.